The fourth-order valence-corrected chi connectivity index (χ4v) is 2.76. The zero-order valence-electron chi connectivity index (χ0n) is 10.7. The van der Waals surface area contributed by atoms with Gasteiger partial charge in [-0.2, -0.15) is 0 Å². The molecular formula is C10H21NO3Si. The Kier molecular flexibility index (Phi) is 4.24. The molecule has 0 saturated heterocycles. The highest BCUT2D eigenvalue weighted by atomic mass is 28.4. The number of amides is 1. The summed E-state index contributed by atoms with van der Waals surface area (Å²) < 4.78 is 5.71. The third-order valence-electron chi connectivity index (χ3n) is 2.00. The topological polar surface area (TPSA) is 46.6 Å². The van der Waals surface area contributed by atoms with Gasteiger partial charge in [0.25, 0.3) is 5.91 Å². The van der Waals surface area contributed by atoms with Gasteiger partial charge in [0, 0.05) is 14.1 Å². The van der Waals surface area contributed by atoms with Crippen LogP contribution in [0.15, 0.2) is 0 Å². The molecule has 0 bridgehead atoms. The van der Waals surface area contributed by atoms with Crippen LogP contribution in [0.25, 0.3) is 0 Å². The van der Waals surface area contributed by atoms with Crippen LogP contribution in [0.1, 0.15) is 13.8 Å². The molecule has 0 fully saturated rings. The second-order valence-corrected chi connectivity index (χ2v) is 9.43. The standard InChI is InChI=1S/C10H21NO3Si/c1-8(12)10(2,9(13)11(3)4)14-15(5,6)7/h1-7H3. The summed E-state index contributed by atoms with van der Waals surface area (Å²) in [5, 5.41) is 0. The number of Topliss-reactive ketones (excluding diaryl/α,β-unsaturated/α-hetero) is 1. The van der Waals surface area contributed by atoms with Crippen LogP contribution in [-0.2, 0) is 14.0 Å². The maximum atomic E-state index is 11.9. The number of rotatable bonds is 4. The number of nitrogens with zero attached hydrogens (tertiary/aromatic N) is 1. The lowest BCUT2D eigenvalue weighted by Gasteiger charge is -2.34. The Bertz CT molecular complexity index is 270. The average Bonchev–Trinajstić information content (AvgIpc) is 1.99. The van der Waals surface area contributed by atoms with Crippen LogP contribution >= 0.6 is 0 Å². The first kappa shape index (κ1) is 14.3. The Morgan fingerprint density at radius 3 is 1.80 bits per heavy atom. The molecule has 4 nitrogen and oxygen atoms in total. The van der Waals surface area contributed by atoms with Gasteiger partial charge in [-0.1, -0.05) is 0 Å². The van der Waals surface area contributed by atoms with Crippen molar-refractivity contribution in [1.29, 1.82) is 0 Å². The Morgan fingerprint density at radius 2 is 1.60 bits per heavy atom. The summed E-state index contributed by atoms with van der Waals surface area (Å²) in [6.45, 7) is 8.81. The van der Waals surface area contributed by atoms with Crippen molar-refractivity contribution in [2.75, 3.05) is 14.1 Å². The molecule has 0 saturated carbocycles. The Labute approximate surface area is 92.7 Å². The zero-order chi connectivity index (χ0) is 12.4. The van der Waals surface area contributed by atoms with Crippen LogP contribution in [0, 0.1) is 0 Å². The summed E-state index contributed by atoms with van der Waals surface area (Å²) in [6.07, 6.45) is 0. The van der Waals surface area contributed by atoms with Crippen LogP contribution in [0.4, 0.5) is 0 Å². The summed E-state index contributed by atoms with van der Waals surface area (Å²) in [4.78, 5) is 24.8. The summed E-state index contributed by atoms with van der Waals surface area (Å²) in [7, 11) is 1.31. The van der Waals surface area contributed by atoms with Gasteiger partial charge in [-0.3, -0.25) is 9.59 Å². The van der Waals surface area contributed by atoms with E-state index in [1.165, 1.54) is 11.8 Å². The highest BCUT2D eigenvalue weighted by Gasteiger charge is 2.43. The first-order chi connectivity index (χ1) is 6.50. The van der Waals surface area contributed by atoms with Gasteiger partial charge >= 0.3 is 0 Å². The molecule has 5 heteroatoms. The van der Waals surface area contributed by atoms with Gasteiger partial charge in [-0.05, 0) is 33.5 Å². The van der Waals surface area contributed by atoms with Gasteiger partial charge in [0.1, 0.15) is 0 Å². The molecule has 0 heterocycles. The van der Waals surface area contributed by atoms with Crippen molar-refractivity contribution in [3.8, 4) is 0 Å². The summed E-state index contributed by atoms with van der Waals surface area (Å²) >= 11 is 0. The molecule has 0 aromatic rings. The second-order valence-electron chi connectivity index (χ2n) is 5.00. The number of likely N-dealkylation sites (N-methyl/N-ethyl adjacent to an activating group) is 1. The predicted molar refractivity (Wildman–Crippen MR) is 62.2 cm³/mol. The van der Waals surface area contributed by atoms with E-state index in [1.54, 1.807) is 21.0 Å². The van der Waals surface area contributed by atoms with Gasteiger partial charge in [0.2, 0.25) is 0 Å². The Morgan fingerprint density at radius 1 is 1.20 bits per heavy atom. The highest BCUT2D eigenvalue weighted by molar-refractivity contribution is 6.70. The lowest BCUT2D eigenvalue weighted by atomic mass is 10.0. The van der Waals surface area contributed by atoms with Crippen molar-refractivity contribution in [3.63, 3.8) is 0 Å². The van der Waals surface area contributed by atoms with Gasteiger partial charge in [-0.25, -0.2) is 0 Å². The van der Waals surface area contributed by atoms with Crippen molar-refractivity contribution in [2.24, 2.45) is 0 Å². The van der Waals surface area contributed by atoms with Gasteiger partial charge in [-0.15, -0.1) is 0 Å². The Balaban J connectivity index is 5.09. The molecule has 0 aliphatic heterocycles. The largest absolute Gasteiger partial charge is 0.398 e. The molecule has 0 aliphatic carbocycles. The molecule has 0 N–H and O–H groups in total. The summed E-state index contributed by atoms with van der Waals surface area (Å²) in [6, 6.07) is 0. The van der Waals surface area contributed by atoms with E-state index in [0.29, 0.717) is 0 Å². The van der Waals surface area contributed by atoms with Gasteiger partial charge in [0.05, 0.1) is 0 Å². The van der Waals surface area contributed by atoms with Gasteiger partial charge in [0.15, 0.2) is 19.7 Å². The van der Waals surface area contributed by atoms with Crippen molar-refractivity contribution >= 4 is 20.0 Å². The minimum Gasteiger partial charge on any atom is -0.398 e. The normalized spacial score (nSPS) is 15.7. The van der Waals surface area contributed by atoms with Crippen molar-refractivity contribution in [1.82, 2.24) is 4.90 Å². The van der Waals surface area contributed by atoms with Crippen molar-refractivity contribution in [2.45, 2.75) is 39.1 Å². The van der Waals surface area contributed by atoms with E-state index in [1.807, 2.05) is 19.6 Å². The van der Waals surface area contributed by atoms with E-state index >= 15 is 0 Å². The summed E-state index contributed by atoms with van der Waals surface area (Å²) in [5.74, 6) is -0.541. The molecule has 1 atom stereocenters. The number of carbonyl (C=O) groups is 2. The van der Waals surface area contributed by atoms with E-state index in [0.717, 1.165) is 0 Å². The smallest absolute Gasteiger partial charge is 0.260 e. The molecule has 1 amide bonds. The molecule has 0 aliphatic rings. The Hall–Kier alpha value is -0.683. The third kappa shape index (κ3) is 3.75. The molecular weight excluding hydrogens is 210 g/mol. The number of carbonyl (C=O) groups excluding carboxylic acids is 2. The minimum absolute atomic E-state index is 0.247. The van der Waals surface area contributed by atoms with E-state index in [9.17, 15) is 9.59 Å². The second kappa shape index (κ2) is 4.45. The number of hydrogen-bond acceptors (Lipinski definition) is 3. The first-order valence-electron chi connectivity index (χ1n) is 4.93. The van der Waals surface area contributed by atoms with E-state index in [2.05, 4.69) is 0 Å². The van der Waals surface area contributed by atoms with Crippen LogP contribution in [0.2, 0.25) is 19.6 Å². The maximum Gasteiger partial charge on any atom is 0.260 e. The minimum atomic E-state index is -1.93. The van der Waals surface area contributed by atoms with E-state index in [4.69, 9.17) is 4.43 Å². The fourth-order valence-electron chi connectivity index (χ4n) is 1.31. The molecule has 0 aromatic carbocycles. The van der Waals surface area contributed by atoms with Gasteiger partial charge < -0.3 is 9.33 Å². The maximum absolute atomic E-state index is 11.9. The lowest BCUT2D eigenvalue weighted by molar-refractivity contribution is -0.153. The van der Waals surface area contributed by atoms with Crippen LogP contribution in [0.3, 0.4) is 0 Å². The molecule has 0 aromatic heterocycles. The summed E-state index contributed by atoms with van der Waals surface area (Å²) in [5.41, 5.74) is -1.33. The van der Waals surface area contributed by atoms with Crippen LogP contribution in [-0.4, -0.2) is 44.6 Å². The molecule has 88 valence electrons. The zero-order valence-corrected chi connectivity index (χ0v) is 11.7. The van der Waals surface area contributed by atoms with Crippen LogP contribution in [0.5, 0.6) is 0 Å². The van der Waals surface area contributed by atoms with E-state index in [-0.39, 0.29) is 11.7 Å². The van der Waals surface area contributed by atoms with Crippen molar-refractivity contribution in [3.05, 3.63) is 0 Å². The van der Waals surface area contributed by atoms with E-state index < -0.39 is 13.9 Å². The van der Waals surface area contributed by atoms with Crippen molar-refractivity contribution < 1.29 is 14.0 Å². The lowest BCUT2D eigenvalue weighted by Crippen LogP contribution is -2.55. The predicted octanol–water partition coefficient (Wildman–Crippen LogP) is 1.27. The monoisotopic (exact) mass is 231 g/mol. The number of hydrogen-bond donors (Lipinski definition) is 0. The molecule has 15 heavy (non-hydrogen) atoms. The van der Waals surface area contributed by atoms with Crippen LogP contribution < -0.4 is 0 Å². The fraction of sp³-hybridized carbons (Fsp3) is 0.800. The SMILES string of the molecule is CC(=O)C(C)(O[Si](C)(C)C)C(=O)N(C)C. The molecule has 0 rings (SSSR count). The molecule has 0 radical (unpaired) electrons. The molecule has 1 unspecified atom stereocenters. The molecule has 0 spiro atoms. The number of ketones is 1. The highest BCUT2D eigenvalue weighted by Crippen LogP contribution is 2.21. The quantitative estimate of drug-likeness (QED) is 0.541. The first-order valence-corrected chi connectivity index (χ1v) is 8.34. The average molecular weight is 231 g/mol. The third-order valence-corrected chi connectivity index (χ3v) is 3.02.